The molecule has 2 aromatic heterocycles. The first kappa shape index (κ1) is 25.9. The molecule has 0 saturated carbocycles. The highest BCUT2D eigenvalue weighted by molar-refractivity contribution is 7.20. The summed E-state index contributed by atoms with van der Waals surface area (Å²) < 4.78 is 15.2. The number of carbonyl (C=O) groups is 1. The molecule has 0 atom stereocenters. The molecule has 2 heterocycles. The van der Waals surface area contributed by atoms with E-state index in [9.17, 15) is 9.18 Å². The van der Waals surface area contributed by atoms with Gasteiger partial charge >= 0.3 is 0 Å². The number of anilines is 2. The Labute approximate surface area is 205 Å². The number of benzene rings is 1. The first-order valence-corrected chi connectivity index (χ1v) is 12.6. The van der Waals surface area contributed by atoms with E-state index >= 15 is 0 Å². The Balaban J connectivity index is 1.72. The molecule has 0 bridgehead atoms. The zero-order chi connectivity index (χ0) is 24.9. The van der Waals surface area contributed by atoms with Crippen molar-refractivity contribution in [3.63, 3.8) is 0 Å². The number of nitrogens with zero attached hydrogens (tertiary/aromatic N) is 5. The Morgan fingerprint density at radius 3 is 2.47 bits per heavy atom. The van der Waals surface area contributed by atoms with Crippen LogP contribution in [0.4, 0.5) is 15.3 Å². The Morgan fingerprint density at radius 2 is 1.85 bits per heavy atom. The summed E-state index contributed by atoms with van der Waals surface area (Å²) in [5.41, 5.74) is 1.30. The normalized spacial score (nSPS) is 11.9. The van der Waals surface area contributed by atoms with Crippen molar-refractivity contribution in [2.24, 2.45) is 0 Å². The minimum Gasteiger partial charge on any atom is -0.364 e. The van der Waals surface area contributed by atoms with Gasteiger partial charge in [-0.2, -0.15) is 4.52 Å². The fourth-order valence-corrected chi connectivity index (χ4v) is 4.44. The van der Waals surface area contributed by atoms with Crippen molar-refractivity contribution >= 4 is 33.2 Å². The highest BCUT2D eigenvalue weighted by Crippen LogP contribution is 2.34. The Kier molecular flexibility index (Phi) is 8.48. The van der Waals surface area contributed by atoms with Gasteiger partial charge in [-0.25, -0.2) is 9.37 Å². The van der Waals surface area contributed by atoms with E-state index in [0.717, 1.165) is 37.4 Å². The van der Waals surface area contributed by atoms with E-state index in [0.29, 0.717) is 22.3 Å². The van der Waals surface area contributed by atoms with Crippen molar-refractivity contribution in [3.8, 4) is 11.3 Å². The Morgan fingerprint density at radius 1 is 1.18 bits per heavy atom. The lowest BCUT2D eigenvalue weighted by Crippen LogP contribution is -2.36. The van der Waals surface area contributed by atoms with E-state index < -0.39 is 0 Å². The molecule has 34 heavy (non-hydrogen) atoms. The largest absolute Gasteiger partial charge is 0.364 e. The number of likely N-dealkylation sites (N-methyl/N-ethyl adjacent to an activating group) is 1. The number of amides is 1. The molecular formula is C24H36FN7OS. The first-order chi connectivity index (χ1) is 16.1. The molecule has 3 rings (SSSR count). The molecule has 0 spiro atoms. The maximum atomic E-state index is 13.4. The molecule has 0 aliphatic carbocycles. The fourth-order valence-electron chi connectivity index (χ4n) is 3.58. The maximum Gasteiger partial charge on any atom is 0.239 e. The highest BCUT2D eigenvalue weighted by atomic mass is 32.1. The smallest absolute Gasteiger partial charge is 0.239 e. The van der Waals surface area contributed by atoms with Crippen LogP contribution in [0, 0.1) is 5.82 Å². The minimum atomic E-state index is -0.288. The SMILES string of the molecule is CCN(CC)CCCNC(=O)CN(C)c1nn2c(NC(C)(C)C)c(-c3ccc(F)cc3)nc2s1. The minimum absolute atomic E-state index is 0.0325. The second-order valence-corrected chi connectivity index (χ2v) is 10.3. The predicted octanol–water partition coefficient (Wildman–Crippen LogP) is 4.09. The molecule has 0 aliphatic rings. The van der Waals surface area contributed by atoms with Gasteiger partial charge < -0.3 is 20.4 Å². The Hall–Kier alpha value is -2.72. The fraction of sp³-hybridized carbons (Fsp3) is 0.542. The van der Waals surface area contributed by atoms with Crippen LogP contribution in [0.5, 0.6) is 0 Å². The molecule has 0 saturated heterocycles. The lowest BCUT2D eigenvalue weighted by molar-refractivity contribution is -0.119. The van der Waals surface area contributed by atoms with Crippen LogP contribution in [-0.4, -0.2) is 70.7 Å². The summed E-state index contributed by atoms with van der Waals surface area (Å²) in [4.78, 5) is 22.1. The Bertz CT molecular complexity index is 1080. The molecule has 2 N–H and O–H groups in total. The van der Waals surface area contributed by atoms with E-state index in [1.54, 1.807) is 16.6 Å². The van der Waals surface area contributed by atoms with Crippen LogP contribution in [0.2, 0.25) is 0 Å². The number of hydrogen-bond donors (Lipinski definition) is 2. The number of rotatable bonds is 11. The van der Waals surface area contributed by atoms with Crippen LogP contribution in [-0.2, 0) is 4.79 Å². The number of imidazole rings is 1. The average Bonchev–Trinajstić information content (AvgIpc) is 3.33. The van der Waals surface area contributed by atoms with E-state index in [2.05, 4.69) is 50.2 Å². The molecule has 1 amide bonds. The van der Waals surface area contributed by atoms with Gasteiger partial charge in [0.15, 0.2) is 5.82 Å². The topological polar surface area (TPSA) is 77.8 Å². The summed E-state index contributed by atoms with van der Waals surface area (Å²) in [6, 6.07) is 6.29. The number of carbonyl (C=O) groups excluding carboxylic acids is 1. The van der Waals surface area contributed by atoms with Gasteiger partial charge in [0.2, 0.25) is 16.0 Å². The van der Waals surface area contributed by atoms with Crippen molar-refractivity contribution in [2.45, 2.75) is 46.6 Å². The third-order valence-electron chi connectivity index (χ3n) is 5.38. The van der Waals surface area contributed by atoms with Gasteiger partial charge in [0, 0.05) is 24.7 Å². The molecule has 10 heteroatoms. The number of nitrogens with one attached hydrogen (secondary N) is 2. The van der Waals surface area contributed by atoms with Gasteiger partial charge in [0.05, 0.1) is 6.54 Å². The number of aromatic nitrogens is 3. The molecule has 3 aromatic rings. The van der Waals surface area contributed by atoms with Gasteiger partial charge in [-0.3, -0.25) is 4.79 Å². The summed E-state index contributed by atoms with van der Waals surface area (Å²) >= 11 is 1.41. The van der Waals surface area contributed by atoms with Crippen molar-refractivity contribution in [1.82, 2.24) is 24.8 Å². The third kappa shape index (κ3) is 6.66. The predicted molar refractivity (Wildman–Crippen MR) is 138 cm³/mol. The standard InChI is InChI=1S/C24H36FN7OS/c1-7-31(8-2)15-9-14-26-19(33)16-30(6)23-29-32-21(28-24(3,4)5)20(27-22(32)34-23)17-10-12-18(25)13-11-17/h10-13,28H,7-9,14-16H2,1-6H3,(H,26,33). The zero-order valence-corrected chi connectivity index (χ0v) is 21.8. The van der Waals surface area contributed by atoms with Gasteiger partial charge in [0.1, 0.15) is 11.5 Å². The van der Waals surface area contributed by atoms with Crippen LogP contribution < -0.4 is 15.5 Å². The molecule has 0 fully saturated rings. The lowest BCUT2D eigenvalue weighted by Gasteiger charge is -2.22. The summed E-state index contributed by atoms with van der Waals surface area (Å²) in [6.45, 7) is 14.4. The molecule has 1 aromatic carbocycles. The second kappa shape index (κ2) is 11.1. The highest BCUT2D eigenvalue weighted by Gasteiger charge is 2.23. The molecule has 0 aliphatic heterocycles. The number of fused-ring (bicyclic) bond motifs is 1. The molecule has 186 valence electrons. The molecular weight excluding hydrogens is 453 g/mol. The van der Waals surface area contributed by atoms with Gasteiger partial charge in [0.25, 0.3) is 0 Å². The number of hydrogen-bond acceptors (Lipinski definition) is 7. The van der Waals surface area contributed by atoms with Crippen LogP contribution in [0.15, 0.2) is 24.3 Å². The second-order valence-electron chi connectivity index (χ2n) is 9.36. The van der Waals surface area contributed by atoms with Gasteiger partial charge in [-0.15, -0.1) is 5.10 Å². The number of halogens is 1. The average molecular weight is 490 g/mol. The molecule has 0 unspecified atom stereocenters. The third-order valence-corrected chi connectivity index (χ3v) is 6.40. The van der Waals surface area contributed by atoms with E-state index in [-0.39, 0.29) is 23.8 Å². The van der Waals surface area contributed by atoms with Crippen LogP contribution in [0.3, 0.4) is 0 Å². The van der Waals surface area contributed by atoms with Crippen LogP contribution >= 0.6 is 11.3 Å². The van der Waals surface area contributed by atoms with E-state index in [1.165, 1.54) is 23.5 Å². The summed E-state index contributed by atoms with van der Waals surface area (Å²) in [5.74, 6) is 0.421. The zero-order valence-electron chi connectivity index (χ0n) is 21.0. The maximum absolute atomic E-state index is 13.4. The quantitative estimate of drug-likeness (QED) is 0.395. The van der Waals surface area contributed by atoms with Gasteiger partial charge in [-0.1, -0.05) is 25.2 Å². The molecule has 0 radical (unpaired) electrons. The van der Waals surface area contributed by atoms with Crippen molar-refractivity contribution < 1.29 is 9.18 Å². The van der Waals surface area contributed by atoms with E-state index in [1.807, 2.05) is 11.9 Å². The molecule has 8 nitrogen and oxygen atoms in total. The lowest BCUT2D eigenvalue weighted by atomic mass is 10.1. The van der Waals surface area contributed by atoms with Crippen LogP contribution in [0.25, 0.3) is 16.2 Å². The van der Waals surface area contributed by atoms with E-state index in [4.69, 9.17) is 10.1 Å². The summed E-state index contributed by atoms with van der Waals surface area (Å²) in [6.07, 6.45) is 0.927. The van der Waals surface area contributed by atoms with Crippen molar-refractivity contribution in [2.75, 3.05) is 50.0 Å². The van der Waals surface area contributed by atoms with Crippen LogP contribution in [0.1, 0.15) is 41.0 Å². The summed E-state index contributed by atoms with van der Waals surface area (Å²) in [7, 11) is 1.85. The van der Waals surface area contributed by atoms with Gasteiger partial charge in [-0.05, 0) is 71.1 Å². The monoisotopic (exact) mass is 489 g/mol. The first-order valence-electron chi connectivity index (χ1n) is 11.7. The van der Waals surface area contributed by atoms with Crippen molar-refractivity contribution in [1.29, 1.82) is 0 Å². The van der Waals surface area contributed by atoms with Crippen molar-refractivity contribution in [3.05, 3.63) is 30.1 Å². The summed E-state index contributed by atoms with van der Waals surface area (Å²) in [5, 5.41) is 11.9.